The second-order valence-electron chi connectivity index (χ2n) is 6.79. The molecule has 1 aliphatic heterocycles. The maximum Gasteiger partial charge on any atom is 0.294 e. The molecule has 9 heteroatoms. The van der Waals surface area contributed by atoms with Gasteiger partial charge in [0.25, 0.3) is 5.69 Å². The summed E-state index contributed by atoms with van der Waals surface area (Å²) in [4.78, 5) is 12.9. The van der Waals surface area contributed by atoms with Gasteiger partial charge in [-0.25, -0.2) is 8.42 Å². The van der Waals surface area contributed by atoms with Gasteiger partial charge in [-0.1, -0.05) is 41.9 Å². The number of nitro groups is 1. The summed E-state index contributed by atoms with van der Waals surface area (Å²) in [7, 11) is -3.64. The molecule has 0 N–H and O–H groups in total. The standard InChI is InChI=1S/C20H18ClN3O4S/c21-17-6-8-19(20(14-17)24(25)26)22-9-11-23(12-10-22)29(27,28)18-7-5-15-3-1-2-4-16(15)13-18/h1-8,13-14H,9-12H2. The second kappa shape index (κ2) is 7.62. The third-order valence-electron chi connectivity index (χ3n) is 5.07. The van der Waals surface area contributed by atoms with E-state index in [9.17, 15) is 18.5 Å². The highest BCUT2D eigenvalue weighted by atomic mass is 35.5. The summed E-state index contributed by atoms with van der Waals surface area (Å²) in [5.74, 6) is 0. The second-order valence-corrected chi connectivity index (χ2v) is 9.16. The average Bonchev–Trinajstić information content (AvgIpc) is 2.73. The summed E-state index contributed by atoms with van der Waals surface area (Å²) in [5, 5.41) is 13.5. The number of sulfonamides is 1. The number of piperazine rings is 1. The van der Waals surface area contributed by atoms with E-state index in [1.54, 1.807) is 30.3 Å². The maximum absolute atomic E-state index is 13.1. The van der Waals surface area contributed by atoms with Crippen LogP contribution in [0, 0.1) is 10.1 Å². The van der Waals surface area contributed by atoms with Crippen molar-refractivity contribution in [1.29, 1.82) is 0 Å². The Labute approximate surface area is 173 Å². The quantitative estimate of drug-likeness (QED) is 0.462. The molecule has 1 heterocycles. The minimum absolute atomic E-state index is 0.0802. The molecule has 3 aromatic carbocycles. The van der Waals surface area contributed by atoms with Crippen LogP contribution in [-0.2, 0) is 10.0 Å². The van der Waals surface area contributed by atoms with Gasteiger partial charge in [-0.2, -0.15) is 4.31 Å². The predicted octanol–water partition coefficient (Wildman–Crippen LogP) is 3.91. The van der Waals surface area contributed by atoms with Crippen LogP contribution in [0.2, 0.25) is 5.02 Å². The molecule has 3 aromatic rings. The number of hydrogen-bond acceptors (Lipinski definition) is 5. The van der Waals surface area contributed by atoms with Crippen molar-refractivity contribution in [2.45, 2.75) is 4.90 Å². The molecule has 1 aliphatic rings. The lowest BCUT2D eigenvalue weighted by molar-refractivity contribution is -0.384. The van der Waals surface area contributed by atoms with E-state index in [0.29, 0.717) is 18.8 Å². The van der Waals surface area contributed by atoms with Crippen molar-refractivity contribution >= 4 is 43.8 Å². The number of halogens is 1. The third kappa shape index (κ3) is 3.78. The summed E-state index contributed by atoms with van der Waals surface area (Å²) in [6.07, 6.45) is 0. The van der Waals surface area contributed by atoms with Crippen molar-refractivity contribution < 1.29 is 13.3 Å². The molecule has 0 spiro atoms. The van der Waals surface area contributed by atoms with Crippen LogP contribution in [0.5, 0.6) is 0 Å². The average molecular weight is 432 g/mol. The largest absolute Gasteiger partial charge is 0.363 e. The smallest absolute Gasteiger partial charge is 0.294 e. The van der Waals surface area contributed by atoms with Crippen molar-refractivity contribution in [3.05, 3.63) is 75.8 Å². The van der Waals surface area contributed by atoms with Gasteiger partial charge in [0.15, 0.2) is 0 Å². The SMILES string of the molecule is O=[N+]([O-])c1cc(Cl)ccc1N1CCN(S(=O)(=O)c2ccc3ccccc3c2)CC1. The number of fused-ring (bicyclic) bond motifs is 1. The first-order chi connectivity index (χ1) is 13.9. The molecule has 7 nitrogen and oxygen atoms in total. The highest BCUT2D eigenvalue weighted by Crippen LogP contribution is 2.32. The van der Waals surface area contributed by atoms with Gasteiger partial charge in [-0.3, -0.25) is 10.1 Å². The number of rotatable bonds is 4. The topological polar surface area (TPSA) is 83.8 Å². The fraction of sp³-hybridized carbons (Fsp3) is 0.200. The van der Waals surface area contributed by atoms with Crippen LogP contribution in [0.3, 0.4) is 0 Å². The first-order valence-electron chi connectivity index (χ1n) is 9.04. The lowest BCUT2D eigenvalue weighted by Crippen LogP contribution is -2.48. The van der Waals surface area contributed by atoms with Gasteiger partial charge in [0.05, 0.1) is 9.82 Å². The monoisotopic (exact) mass is 431 g/mol. The first-order valence-corrected chi connectivity index (χ1v) is 10.9. The third-order valence-corrected chi connectivity index (χ3v) is 7.20. The Hall–Kier alpha value is -2.68. The van der Waals surface area contributed by atoms with E-state index >= 15 is 0 Å². The van der Waals surface area contributed by atoms with Crippen LogP contribution < -0.4 is 4.90 Å². The molecule has 4 rings (SSSR count). The van der Waals surface area contributed by atoms with E-state index < -0.39 is 14.9 Å². The van der Waals surface area contributed by atoms with Crippen LogP contribution in [-0.4, -0.2) is 43.8 Å². The van der Waals surface area contributed by atoms with Gasteiger partial charge in [-0.15, -0.1) is 0 Å². The molecule has 0 aliphatic carbocycles. The van der Waals surface area contributed by atoms with Gasteiger partial charge in [0.1, 0.15) is 5.69 Å². The Bertz CT molecular complexity index is 1190. The number of nitrogens with zero attached hydrogens (tertiary/aromatic N) is 3. The summed E-state index contributed by atoms with van der Waals surface area (Å²) < 4.78 is 27.6. The molecule has 0 bridgehead atoms. The molecule has 0 aromatic heterocycles. The Morgan fingerprint density at radius 2 is 1.59 bits per heavy atom. The molecule has 0 saturated carbocycles. The predicted molar refractivity (Wildman–Crippen MR) is 113 cm³/mol. The van der Waals surface area contributed by atoms with Crippen LogP contribution >= 0.6 is 11.6 Å². The van der Waals surface area contributed by atoms with E-state index in [1.807, 2.05) is 29.2 Å². The van der Waals surface area contributed by atoms with E-state index in [2.05, 4.69) is 0 Å². The summed E-state index contributed by atoms with van der Waals surface area (Å²) in [6.45, 7) is 1.20. The molecule has 0 amide bonds. The minimum atomic E-state index is -3.64. The lowest BCUT2D eigenvalue weighted by atomic mass is 10.1. The normalized spacial score (nSPS) is 15.6. The van der Waals surface area contributed by atoms with E-state index in [0.717, 1.165) is 10.8 Å². The molecule has 29 heavy (non-hydrogen) atoms. The van der Waals surface area contributed by atoms with Crippen molar-refractivity contribution in [2.75, 3.05) is 31.1 Å². The number of benzene rings is 3. The summed E-state index contributed by atoms with van der Waals surface area (Å²) >= 11 is 5.88. The van der Waals surface area contributed by atoms with E-state index in [1.165, 1.54) is 10.4 Å². The molecule has 0 radical (unpaired) electrons. The fourth-order valence-corrected chi connectivity index (χ4v) is 5.18. The van der Waals surface area contributed by atoms with E-state index in [-0.39, 0.29) is 28.7 Å². The van der Waals surface area contributed by atoms with E-state index in [4.69, 9.17) is 11.6 Å². The fourth-order valence-electron chi connectivity index (χ4n) is 3.56. The Morgan fingerprint density at radius 1 is 0.897 bits per heavy atom. The lowest BCUT2D eigenvalue weighted by Gasteiger charge is -2.35. The van der Waals surface area contributed by atoms with Crippen molar-refractivity contribution in [1.82, 2.24) is 4.31 Å². The molecule has 1 saturated heterocycles. The summed E-state index contributed by atoms with van der Waals surface area (Å²) in [5.41, 5.74) is 0.366. The highest BCUT2D eigenvalue weighted by molar-refractivity contribution is 7.89. The van der Waals surface area contributed by atoms with Gasteiger partial charge < -0.3 is 4.90 Å². The summed E-state index contributed by atoms with van der Waals surface area (Å²) in [6, 6.07) is 17.2. The zero-order chi connectivity index (χ0) is 20.6. The van der Waals surface area contributed by atoms with Crippen LogP contribution in [0.15, 0.2) is 65.6 Å². The minimum Gasteiger partial charge on any atom is -0.363 e. The van der Waals surface area contributed by atoms with Crippen LogP contribution in [0.1, 0.15) is 0 Å². The Balaban J connectivity index is 1.55. The molecular weight excluding hydrogens is 414 g/mol. The Kier molecular flexibility index (Phi) is 5.16. The van der Waals surface area contributed by atoms with Crippen LogP contribution in [0.25, 0.3) is 10.8 Å². The van der Waals surface area contributed by atoms with Crippen LogP contribution in [0.4, 0.5) is 11.4 Å². The van der Waals surface area contributed by atoms with Crippen molar-refractivity contribution in [2.24, 2.45) is 0 Å². The zero-order valence-corrected chi connectivity index (χ0v) is 16.9. The number of nitro benzene ring substituents is 1. The maximum atomic E-state index is 13.1. The number of hydrogen-bond donors (Lipinski definition) is 0. The Morgan fingerprint density at radius 3 is 2.28 bits per heavy atom. The van der Waals surface area contributed by atoms with Gasteiger partial charge in [0, 0.05) is 37.3 Å². The molecule has 0 atom stereocenters. The first kappa shape index (κ1) is 19.6. The zero-order valence-electron chi connectivity index (χ0n) is 15.4. The number of anilines is 1. The molecule has 1 fully saturated rings. The van der Waals surface area contributed by atoms with Gasteiger partial charge >= 0.3 is 0 Å². The van der Waals surface area contributed by atoms with Crippen molar-refractivity contribution in [3.8, 4) is 0 Å². The van der Waals surface area contributed by atoms with Gasteiger partial charge in [0.2, 0.25) is 10.0 Å². The van der Waals surface area contributed by atoms with Gasteiger partial charge in [-0.05, 0) is 35.0 Å². The molecule has 0 unspecified atom stereocenters. The van der Waals surface area contributed by atoms with Crippen molar-refractivity contribution in [3.63, 3.8) is 0 Å². The molecule has 150 valence electrons. The molecular formula is C20H18ClN3O4S. The highest BCUT2D eigenvalue weighted by Gasteiger charge is 2.30.